The van der Waals surface area contributed by atoms with Gasteiger partial charge >= 0.3 is 0 Å². The summed E-state index contributed by atoms with van der Waals surface area (Å²) in [5.41, 5.74) is 7.63. The molecule has 0 saturated carbocycles. The molecule has 0 saturated heterocycles. The van der Waals surface area contributed by atoms with E-state index in [1.165, 1.54) is 11.3 Å². The Labute approximate surface area is 127 Å². The fourth-order valence-electron chi connectivity index (χ4n) is 2.26. The van der Waals surface area contributed by atoms with E-state index in [0.717, 1.165) is 17.0 Å². The number of thiazole rings is 1. The second-order valence-corrected chi connectivity index (χ2v) is 6.03. The minimum Gasteiger partial charge on any atom is -0.492 e. The first-order valence-electron chi connectivity index (χ1n) is 6.86. The fourth-order valence-corrected chi connectivity index (χ4v) is 3.07. The fraction of sp³-hybridized carbons (Fsp3) is 0.333. The topological polar surface area (TPSA) is 77.2 Å². The molecule has 2 heterocycles. The van der Waals surface area contributed by atoms with Crippen LogP contribution in [0, 0.1) is 5.92 Å². The molecule has 0 radical (unpaired) electrons. The van der Waals surface area contributed by atoms with E-state index < -0.39 is 0 Å². The van der Waals surface area contributed by atoms with Gasteiger partial charge in [-0.2, -0.15) is 0 Å². The van der Waals surface area contributed by atoms with Gasteiger partial charge in [-0.05, 0) is 25.0 Å². The maximum atomic E-state index is 12.3. The Morgan fingerprint density at radius 1 is 1.52 bits per heavy atom. The van der Waals surface area contributed by atoms with Crippen LogP contribution in [-0.4, -0.2) is 17.5 Å². The second-order valence-electron chi connectivity index (χ2n) is 5.18. The lowest BCUT2D eigenvalue weighted by atomic mass is 9.96. The van der Waals surface area contributed by atoms with Gasteiger partial charge in [0.15, 0.2) is 5.13 Å². The molecule has 2 atom stereocenters. The monoisotopic (exact) mass is 303 g/mol. The third kappa shape index (κ3) is 3.06. The normalized spacial score (nSPS) is 18.5. The van der Waals surface area contributed by atoms with Crippen molar-refractivity contribution in [1.29, 1.82) is 0 Å². The minimum absolute atomic E-state index is 0.0601. The zero-order valence-corrected chi connectivity index (χ0v) is 12.5. The predicted molar refractivity (Wildman–Crippen MR) is 82.5 cm³/mol. The van der Waals surface area contributed by atoms with Gasteiger partial charge in [0.1, 0.15) is 12.4 Å². The molecule has 1 aromatic carbocycles. The summed E-state index contributed by atoms with van der Waals surface area (Å²) in [7, 11) is 0. The van der Waals surface area contributed by atoms with Crippen molar-refractivity contribution in [2.24, 2.45) is 11.7 Å². The number of anilines is 1. The number of ether oxygens (including phenoxy) is 1. The predicted octanol–water partition coefficient (Wildman–Crippen LogP) is 2.35. The van der Waals surface area contributed by atoms with Crippen LogP contribution >= 0.6 is 11.3 Å². The van der Waals surface area contributed by atoms with Crippen LogP contribution in [0.15, 0.2) is 29.6 Å². The summed E-state index contributed by atoms with van der Waals surface area (Å²) in [6.07, 6.45) is 0.688. The smallest absolute Gasteiger partial charge is 0.233 e. The highest BCUT2D eigenvalue weighted by molar-refractivity contribution is 7.13. The molecule has 1 aliphatic rings. The molecule has 1 aliphatic heterocycles. The van der Waals surface area contributed by atoms with Crippen LogP contribution in [0.4, 0.5) is 5.13 Å². The van der Waals surface area contributed by atoms with E-state index >= 15 is 0 Å². The molecule has 3 N–H and O–H groups in total. The number of nitrogens with one attached hydrogen (secondary N) is 1. The molecule has 21 heavy (non-hydrogen) atoms. The van der Waals surface area contributed by atoms with Gasteiger partial charge in [-0.3, -0.25) is 4.79 Å². The summed E-state index contributed by atoms with van der Waals surface area (Å²) in [5.74, 6) is 0.618. The van der Waals surface area contributed by atoms with Crippen molar-refractivity contribution in [2.75, 3.05) is 11.9 Å². The molecular weight excluding hydrogens is 286 g/mol. The molecular formula is C15H17N3O2S. The van der Waals surface area contributed by atoms with Crippen LogP contribution in [0.3, 0.4) is 0 Å². The van der Waals surface area contributed by atoms with Gasteiger partial charge < -0.3 is 15.8 Å². The van der Waals surface area contributed by atoms with Gasteiger partial charge in [0.2, 0.25) is 5.91 Å². The molecule has 1 aromatic heterocycles. The molecule has 0 bridgehead atoms. The first-order chi connectivity index (χ1) is 10.1. The third-order valence-corrected chi connectivity index (χ3v) is 4.24. The molecule has 0 spiro atoms. The number of fused-ring (bicyclic) bond motifs is 1. The average Bonchev–Trinajstić information content (AvgIpc) is 2.95. The van der Waals surface area contributed by atoms with E-state index in [4.69, 9.17) is 10.5 Å². The van der Waals surface area contributed by atoms with E-state index in [1.807, 2.05) is 36.6 Å². The van der Waals surface area contributed by atoms with Crippen molar-refractivity contribution in [3.8, 4) is 5.75 Å². The number of carbonyl (C=O) groups excluding carboxylic acids is 1. The number of hydrogen-bond donors (Lipinski definition) is 2. The van der Waals surface area contributed by atoms with Crippen LogP contribution in [0.1, 0.15) is 24.2 Å². The number of hydrogen-bond acceptors (Lipinski definition) is 5. The van der Waals surface area contributed by atoms with Crippen LogP contribution in [-0.2, 0) is 11.2 Å². The van der Waals surface area contributed by atoms with Crippen molar-refractivity contribution in [1.82, 2.24) is 4.98 Å². The zero-order chi connectivity index (χ0) is 14.8. The van der Waals surface area contributed by atoms with Crippen molar-refractivity contribution in [3.05, 3.63) is 40.9 Å². The highest BCUT2D eigenvalue weighted by atomic mass is 32.1. The number of para-hydroxylation sites is 1. The summed E-state index contributed by atoms with van der Waals surface area (Å²) in [4.78, 5) is 16.6. The Hall–Kier alpha value is -1.92. The third-order valence-electron chi connectivity index (χ3n) is 3.47. The Morgan fingerprint density at radius 2 is 2.33 bits per heavy atom. The number of amides is 1. The number of benzene rings is 1. The van der Waals surface area contributed by atoms with Crippen LogP contribution in [0.2, 0.25) is 0 Å². The standard InChI is InChI=1S/C15H17N3O2S/c1-9(16)12-8-21-15(17-12)18-14(19)11-6-10-4-2-3-5-13(10)20-7-11/h2-5,8-9,11H,6-7,16H2,1H3,(H,17,18,19). The number of rotatable bonds is 3. The van der Waals surface area contributed by atoms with E-state index in [0.29, 0.717) is 18.2 Å². The van der Waals surface area contributed by atoms with Gasteiger partial charge in [0, 0.05) is 11.4 Å². The average molecular weight is 303 g/mol. The summed E-state index contributed by atoms with van der Waals surface area (Å²) >= 11 is 1.39. The largest absolute Gasteiger partial charge is 0.492 e. The number of nitrogens with zero attached hydrogens (tertiary/aromatic N) is 1. The van der Waals surface area contributed by atoms with Crippen molar-refractivity contribution in [3.63, 3.8) is 0 Å². The molecule has 6 heteroatoms. The van der Waals surface area contributed by atoms with E-state index in [2.05, 4.69) is 10.3 Å². The molecule has 5 nitrogen and oxygen atoms in total. The highest BCUT2D eigenvalue weighted by Gasteiger charge is 2.26. The van der Waals surface area contributed by atoms with Gasteiger partial charge in [0.05, 0.1) is 11.6 Å². The Balaban J connectivity index is 1.66. The summed E-state index contributed by atoms with van der Waals surface area (Å²) < 4.78 is 5.64. The SMILES string of the molecule is CC(N)c1csc(NC(=O)C2COc3ccccc3C2)n1. The summed E-state index contributed by atoms with van der Waals surface area (Å²) in [6.45, 7) is 2.26. The van der Waals surface area contributed by atoms with Gasteiger partial charge in [-0.1, -0.05) is 18.2 Å². The summed E-state index contributed by atoms with van der Waals surface area (Å²) in [5, 5.41) is 5.31. The van der Waals surface area contributed by atoms with Crippen LogP contribution in [0.5, 0.6) is 5.75 Å². The molecule has 2 unspecified atom stereocenters. The van der Waals surface area contributed by atoms with E-state index in [-0.39, 0.29) is 17.9 Å². The van der Waals surface area contributed by atoms with Crippen LogP contribution in [0.25, 0.3) is 0 Å². The number of nitrogens with two attached hydrogens (primary N) is 1. The Bertz CT molecular complexity index is 654. The molecule has 110 valence electrons. The molecule has 0 aliphatic carbocycles. The minimum atomic E-state index is -0.192. The lowest BCUT2D eigenvalue weighted by Crippen LogP contribution is -2.32. The van der Waals surface area contributed by atoms with Crippen LogP contribution < -0.4 is 15.8 Å². The van der Waals surface area contributed by atoms with Crippen molar-refractivity contribution < 1.29 is 9.53 Å². The first-order valence-corrected chi connectivity index (χ1v) is 7.74. The second kappa shape index (κ2) is 5.83. The van der Waals surface area contributed by atoms with Crippen molar-refractivity contribution >= 4 is 22.4 Å². The van der Waals surface area contributed by atoms with Gasteiger partial charge in [-0.15, -0.1) is 11.3 Å². The molecule has 3 rings (SSSR count). The van der Waals surface area contributed by atoms with Gasteiger partial charge in [0.25, 0.3) is 0 Å². The zero-order valence-electron chi connectivity index (χ0n) is 11.7. The molecule has 0 fully saturated rings. The summed E-state index contributed by atoms with van der Waals surface area (Å²) in [6, 6.07) is 7.69. The van der Waals surface area contributed by atoms with Gasteiger partial charge in [-0.25, -0.2) is 4.98 Å². The quantitative estimate of drug-likeness (QED) is 0.912. The maximum absolute atomic E-state index is 12.3. The Morgan fingerprint density at radius 3 is 3.10 bits per heavy atom. The highest BCUT2D eigenvalue weighted by Crippen LogP contribution is 2.28. The number of carbonyl (C=O) groups is 1. The van der Waals surface area contributed by atoms with E-state index in [9.17, 15) is 4.79 Å². The molecule has 2 aromatic rings. The lowest BCUT2D eigenvalue weighted by molar-refractivity contribution is -0.121. The Kier molecular flexibility index (Phi) is 3.90. The molecule has 1 amide bonds. The van der Waals surface area contributed by atoms with E-state index in [1.54, 1.807) is 0 Å². The lowest BCUT2D eigenvalue weighted by Gasteiger charge is -2.24. The maximum Gasteiger partial charge on any atom is 0.233 e. The first kappa shape index (κ1) is 14.0. The number of aromatic nitrogens is 1. The van der Waals surface area contributed by atoms with Crippen molar-refractivity contribution in [2.45, 2.75) is 19.4 Å².